The van der Waals surface area contributed by atoms with Gasteiger partial charge in [0.25, 0.3) is 5.69 Å². The quantitative estimate of drug-likeness (QED) is 0.364. The fourth-order valence-corrected chi connectivity index (χ4v) is 1.64. The minimum atomic E-state index is -0.481. The number of ketones is 1. The molecule has 0 spiro atoms. The topological polar surface area (TPSA) is 78.0 Å². The fraction of sp³-hybridized carbons (Fsp3) is 0.0769. The van der Waals surface area contributed by atoms with Crippen molar-refractivity contribution >= 4 is 17.5 Å². The van der Waals surface area contributed by atoms with Gasteiger partial charge in [-0.2, -0.15) is 0 Å². The summed E-state index contributed by atoms with van der Waals surface area (Å²) in [6.07, 6.45) is 5.89. The zero-order chi connectivity index (χ0) is 13.8. The first-order valence-electron chi connectivity index (χ1n) is 5.53. The Morgan fingerprint density at radius 1 is 1.42 bits per heavy atom. The second kappa shape index (κ2) is 5.26. The van der Waals surface area contributed by atoms with Crippen LogP contribution >= 0.6 is 0 Å². The van der Waals surface area contributed by atoms with Crippen LogP contribution in [0.3, 0.4) is 0 Å². The number of aryl methyl sites for hydroxylation is 1. The predicted molar refractivity (Wildman–Crippen MR) is 69.7 cm³/mol. The van der Waals surface area contributed by atoms with Crippen molar-refractivity contribution in [2.45, 2.75) is 0 Å². The van der Waals surface area contributed by atoms with E-state index in [1.54, 1.807) is 36.0 Å². The molecule has 6 heteroatoms. The van der Waals surface area contributed by atoms with Crippen molar-refractivity contribution in [3.63, 3.8) is 0 Å². The van der Waals surface area contributed by atoms with E-state index in [2.05, 4.69) is 4.98 Å². The van der Waals surface area contributed by atoms with Gasteiger partial charge in [-0.3, -0.25) is 14.9 Å². The zero-order valence-corrected chi connectivity index (χ0v) is 10.2. The Bertz CT molecular complexity index is 659. The van der Waals surface area contributed by atoms with Gasteiger partial charge in [-0.15, -0.1) is 0 Å². The van der Waals surface area contributed by atoms with Crippen molar-refractivity contribution in [1.82, 2.24) is 9.55 Å². The molecule has 0 saturated carbocycles. The molecule has 1 aromatic carbocycles. The number of nitrogens with zero attached hydrogens (tertiary/aromatic N) is 3. The van der Waals surface area contributed by atoms with Crippen molar-refractivity contribution < 1.29 is 9.72 Å². The first-order valence-corrected chi connectivity index (χ1v) is 5.53. The molecule has 1 aromatic heterocycles. The largest absolute Gasteiger partial charge is 0.331 e. The number of nitro benzene ring substituents is 1. The second-order valence-corrected chi connectivity index (χ2v) is 3.88. The van der Waals surface area contributed by atoms with E-state index in [-0.39, 0.29) is 17.3 Å². The number of aromatic nitrogens is 2. The van der Waals surface area contributed by atoms with Crippen LogP contribution in [0, 0.1) is 10.1 Å². The van der Waals surface area contributed by atoms with Gasteiger partial charge in [0.1, 0.15) is 0 Å². The molecule has 0 unspecified atom stereocenters. The van der Waals surface area contributed by atoms with E-state index in [4.69, 9.17) is 0 Å². The van der Waals surface area contributed by atoms with Gasteiger partial charge in [-0.1, -0.05) is 12.1 Å². The number of imidazole rings is 1. The molecule has 0 saturated heterocycles. The first kappa shape index (κ1) is 12.7. The minimum absolute atomic E-state index is 0.0357. The van der Waals surface area contributed by atoms with Crippen LogP contribution in [0.5, 0.6) is 0 Å². The van der Waals surface area contributed by atoms with Gasteiger partial charge in [0.15, 0.2) is 5.82 Å². The first-order chi connectivity index (χ1) is 9.09. The third-order valence-electron chi connectivity index (χ3n) is 2.59. The summed E-state index contributed by atoms with van der Waals surface area (Å²) >= 11 is 0. The average molecular weight is 257 g/mol. The molecule has 1 heterocycles. The van der Waals surface area contributed by atoms with Crippen LogP contribution in [0.4, 0.5) is 5.69 Å². The van der Waals surface area contributed by atoms with Gasteiger partial charge in [-0.05, 0) is 18.2 Å². The van der Waals surface area contributed by atoms with Gasteiger partial charge in [0.05, 0.1) is 10.5 Å². The Morgan fingerprint density at radius 2 is 2.16 bits per heavy atom. The molecule has 0 N–H and O–H groups in total. The molecule has 2 aromatic rings. The van der Waals surface area contributed by atoms with Crippen molar-refractivity contribution in [2.75, 3.05) is 0 Å². The van der Waals surface area contributed by atoms with E-state index in [1.165, 1.54) is 24.4 Å². The Labute approximate surface area is 109 Å². The highest BCUT2D eigenvalue weighted by molar-refractivity contribution is 6.04. The Hall–Kier alpha value is -2.76. The molecule has 0 amide bonds. The van der Waals surface area contributed by atoms with Crippen LogP contribution in [-0.4, -0.2) is 20.3 Å². The maximum Gasteiger partial charge on any atom is 0.276 e. The van der Waals surface area contributed by atoms with E-state index in [0.29, 0.717) is 5.56 Å². The number of carbonyl (C=O) groups excluding carboxylic acids is 1. The summed E-state index contributed by atoms with van der Waals surface area (Å²) in [4.78, 5) is 26.1. The van der Waals surface area contributed by atoms with Crippen molar-refractivity contribution in [3.8, 4) is 0 Å². The number of allylic oxidation sites excluding steroid dienone is 1. The summed E-state index contributed by atoms with van der Waals surface area (Å²) in [6, 6.07) is 6.24. The van der Waals surface area contributed by atoms with E-state index in [1.807, 2.05) is 0 Å². The molecule has 0 aliphatic heterocycles. The molecule has 0 bridgehead atoms. The van der Waals surface area contributed by atoms with Crippen molar-refractivity contribution in [2.24, 2.45) is 7.05 Å². The number of para-hydroxylation sites is 1. The molecule has 96 valence electrons. The van der Waals surface area contributed by atoms with Crippen LogP contribution in [0.25, 0.3) is 6.08 Å². The third kappa shape index (κ3) is 2.74. The second-order valence-electron chi connectivity index (χ2n) is 3.88. The molecular formula is C13H11N3O3. The summed E-state index contributed by atoms with van der Waals surface area (Å²) in [5, 5.41) is 10.8. The number of benzene rings is 1. The van der Waals surface area contributed by atoms with Crippen LogP contribution in [0.2, 0.25) is 0 Å². The van der Waals surface area contributed by atoms with Crippen LogP contribution in [-0.2, 0) is 7.05 Å². The van der Waals surface area contributed by atoms with Gasteiger partial charge in [-0.25, -0.2) is 4.98 Å². The van der Waals surface area contributed by atoms with Gasteiger partial charge in [0, 0.05) is 25.5 Å². The van der Waals surface area contributed by atoms with Crippen molar-refractivity contribution in [1.29, 1.82) is 0 Å². The maximum absolute atomic E-state index is 11.8. The standard InChI is InChI=1S/C13H11N3O3/c1-15-9-8-14-13(15)12(17)7-6-10-4-2-3-5-11(10)16(18)19/h2-9H,1H3/b7-6+. The zero-order valence-electron chi connectivity index (χ0n) is 10.2. The number of rotatable bonds is 4. The number of nitro groups is 1. The van der Waals surface area contributed by atoms with E-state index in [9.17, 15) is 14.9 Å². The van der Waals surface area contributed by atoms with E-state index >= 15 is 0 Å². The molecule has 0 fully saturated rings. The smallest absolute Gasteiger partial charge is 0.276 e. The molecule has 0 radical (unpaired) electrons. The molecule has 0 aliphatic carbocycles. The number of carbonyl (C=O) groups is 1. The average Bonchev–Trinajstić information content (AvgIpc) is 2.82. The lowest BCUT2D eigenvalue weighted by Gasteiger charge is -1.97. The van der Waals surface area contributed by atoms with Crippen LogP contribution in [0.15, 0.2) is 42.7 Å². The normalized spacial score (nSPS) is 10.8. The maximum atomic E-state index is 11.8. The highest BCUT2D eigenvalue weighted by Crippen LogP contribution is 2.19. The van der Waals surface area contributed by atoms with Gasteiger partial charge < -0.3 is 4.57 Å². The van der Waals surface area contributed by atoms with Crippen LogP contribution in [0.1, 0.15) is 16.2 Å². The molecule has 19 heavy (non-hydrogen) atoms. The van der Waals surface area contributed by atoms with Gasteiger partial charge >= 0.3 is 0 Å². The lowest BCUT2D eigenvalue weighted by atomic mass is 10.1. The molecule has 0 atom stereocenters. The highest BCUT2D eigenvalue weighted by Gasteiger charge is 2.11. The Balaban J connectivity index is 2.27. The number of hydrogen-bond acceptors (Lipinski definition) is 4. The highest BCUT2D eigenvalue weighted by atomic mass is 16.6. The molecule has 6 nitrogen and oxygen atoms in total. The summed E-state index contributed by atoms with van der Waals surface area (Å²) in [5.41, 5.74) is 0.349. The summed E-state index contributed by atoms with van der Waals surface area (Å²) < 4.78 is 1.59. The lowest BCUT2D eigenvalue weighted by Crippen LogP contribution is -2.04. The van der Waals surface area contributed by atoms with E-state index in [0.717, 1.165) is 0 Å². The fourth-order valence-electron chi connectivity index (χ4n) is 1.64. The lowest BCUT2D eigenvalue weighted by molar-refractivity contribution is -0.385. The van der Waals surface area contributed by atoms with E-state index < -0.39 is 4.92 Å². The van der Waals surface area contributed by atoms with Crippen LogP contribution < -0.4 is 0 Å². The Kier molecular flexibility index (Phi) is 3.51. The monoisotopic (exact) mass is 257 g/mol. The SMILES string of the molecule is Cn1ccnc1C(=O)/C=C/c1ccccc1[N+](=O)[O-]. The third-order valence-corrected chi connectivity index (χ3v) is 2.59. The molecule has 0 aliphatic rings. The minimum Gasteiger partial charge on any atom is -0.331 e. The predicted octanol–water partition coefficient (Wildman–Crippen LogP) is 2.22. The summed E-state index contributed by atoms with van der Waals surface area (Å²) in [5.74, 6) is -0.0134. The van der Waals surface area contributed by atoms with Gasteiger partial charge in [0.2, 0.25) is 5.78 Å². The van der Waals surface area contributed by atoms with Crippen molar-refractivity contribution in [3.05, 3.63) is 64.2 Å². The number of hydrogen-bond donors (Lipinski definition) is 0. The molecular weight excluding hydrogens is 246 g/mol. The summed E-state index contributed by atoms with van der Waals surface area (Å²) in [6.45, 7) is 0. The summed E-state index contributed by atoms with van der Waals surface area (Å²) in [7, 11) is 1.71. The molecule has 2 rings (SSSR count). The Morgan fingerprint density at radius 3 is 2.79 bits per heavy atom.